The summed E-state index contributed by atoms with van der Waals surface area (Å²) in [5, 5.41) is 18.0. The molecule has 0 fully saturated rings. The van der Waals surface area contributed by atoms with Crippen molar-refractivity contribution in [1.29, 1.82) is 10.8 Å². The molecule has 2 aromatic heterocycles. The Hall–Kier alpha value is -3.79. The molecule has 0 atom stereocenters. The molecular weight excluding hydrogens is 428 g/mol. The van der Waals surface area contributed by atoms with E-state index >= 15 is 0 Å². The van der Waals surface area contributed by atoms with Crippen LogP contribution in [0.1, 0.15) is 44.7 Å². The number of amides is 3. The third-order valence-electron chi connectivity index (χ3n) is 5.02. The highest BCUT2D eigenvalue weighted by molar-refractivity contribution is 7.14. The van der Waals surface area contributed by atoms with Gasteiger partial charge in [-0.2, -0.15) is 0 Å². The largest absolute Gasteiger partial charge is 0.365 e. The van der Waals surface area contributed by atoms with Gasteiger partial charge in [0.2, 0.25) is 5.91 Å². The van der Waals surface area contributed by atoms with Crippen LogP contribution < -0.4 is 16.0 Å². The van der Waals surface area contributed by atoms with Crippen molar-refractivity contribution in [2.45, 2.75) is 19.8 Å². The maximum Gasteiger partial charge on any atom is 0.266 e. The van der Waals surface area contributed by atoms with Crippen LogP contribution in [-0.4, -0.2) is 42.2 Å². The molecule has 0 aliphatic carbocycles. The number of nitrogens with zero attached hydrogens (tertiary/aromatic N) is 1. The minimum Gasteiger partial charge on any atom is -0.365 e. The normalized spacial score (nSPS) is 11.9. The van der Waals surface area contributed by atoms with Gasteiger partial charge in [-0.05, 0) is 30.3 Å². The van der Waals surface area contributed by atoms with Crippen molar-refractivity contribution < 1.29 is 14.4 Å². The number of nitrogens with two attached hydrogens (primary N) is 1. The Labute approximate surface area is 188 Å². The van der Waals surface area contributed by atoms with Gasteiger partial charge >= 0.3 is 0 Å². The summed E-state index contributed by atoms with van der Waals surface area (Å²) in [5.41, 5.74) is 6.92. The van der Waals surface area contributed by atoms with Crippen LogP contribution in [0, 0.1) is 16.7 Å². The summed E-state index contributed by atoms with van der Waals surface area (Å²) in [6.07, 6.45) is 2.25. The van der Waals surface area contributed by atoms with E-state index in [2.05, 4.69) is 10.3 Å². The predicted molar refractivity (Wildman–Crippen MR) is 128 cm³/mol. The van der Waals surface area contributed by atoms with Gasteiger partial charge in [0.15, 0.2) is 0 Å². The number of primary amides is 1. The van der Waals surface area contributed by atoms with Gasteiger partial charge in [-0.3, -0.25) is 14.4 Å². The van der Waals surface area contributed by atoms with E-state index in [1.54, 1.807) is 37.4 Å². The zero-order chi connectivity index (χ0) is 23.6. The molecule has 0 unspecified atom stereocenters. The molecule has 166 valence electrons. The summed E-state index contributed by atoms with van der Waals surface area (Å²) < 4.78 is 0. The van der Waals surface area contributed by atoms with Crippen molar-refractivity contribution in [3.05, 3.63) is 45.6 Å². The second kappa shape index (κ2) is 9.15. The van der Waals surface area contributed by atoms with Crippen LogP contribution in [0.2, 0.25) is 0 Å². The maximum absolute atomic E-state index is 12.8. The number of H-pyrrole nitrogens is 1. The Morgan fingerprint density at radius 2 is 1.84 bits per heavy atom. The third kappa shape index (κ3) is 4.30. The van der Waals surface area contributed by atoms with Crippen LogP contribution in [0.3, 0.4) is 0 Å². The number of benzene rings is 1. The number of hydrogen-bond donors (Lipinski definition) is 5. The number of fused-ring (bicyclic) bond motifs is 1. The molecule has 0 spiro atoms. The minimum atomic E-state index is -0.703. The highest BCUT2D eigenvalue weighted by atomic mass is 32.1. The molecular formula is C22H24N6O3S. The zero-order valence-corrected chi connectivity index (χ0v) is 18.7. The fraction of sp³-hybridized carbons (Fsp3) is 0.227. The second-order valence-corrected chi connectivity index (χ2v) is 8.65. The number of aromatic nitrogens is 1. The van der Waals surface area contributed by atoms with E-state index in [1.165, 1.54) is 4.90 Å². The van der Waals surface area contributed by atoms with Gasteiger partial charge in [0, 0.05) is 46.9 Å². The van der Waals surface area contributed by atoms with E-state index in [4.69, 9.17) is 16.6 Å². The van der Waals surface area contributed by atoms with Gasteiger partial charge in [-0.25, -0.2) is 0 Å². The molecule has 0 saturated heterocycles. The van der Waals surface area contributed by atoms with Gasteiger partial charge in [0.25, 0.3) is 11.8 Å². The number of carbonyl (C=O) groups excluding carboxylic acids is 3. The second-order valence-electron chi connectivity index (χ2n) is 7.54. The van der Waals surface area contributed by atoms with E-state index in [0.29, 0.717) is 26.3 Å². The molecule has 0 saturated carbocycles. The van der Waals surface area contributed by atoms with E-state index in [1.807, 2.05) is 13.8 Å². The lowest BCUT2D eigenvalue weighted by atomic mass is 10.1. The van der Waals surface area contributed by atoms with Crippen molar-refractivity contribution in [2.24, 2.45) is 11.7 Å². The lowest BCUT2D eigenvalue weighted by Crippen LogP contribution is -2.30. The molecule has 0 bridgehead atoms. The van der Waals surface area contributed by atoms with Gasteiger partial charge in [-0.15, -0.1) is 11.3 Å². The molecule has 32 heavy (non-hydrogen) atoms. The van der Waals surface area contributed by atoms with E-state index < -0.39 is 17.7 Å². The van der Waals surface area contributed by atoms with Crippen LogP contribution in [0.4, 0.5) is 11.5 Å². The third-order valence-corrected chi connectivity index (χ3v) is 6.20. The zero-order valence-electron chi connectivity index (χ0n) is 17.9. The molecule has 3 aromatic rings. The highest BCUT2D eigenvalue weighted by Crippen LogP contribution is 2.31. The average molecular weight is 453 g/mol. The Morgan fingerprint density at radius 3 is 2.44 bits per heavy atom. The quantitative estimate of drug-likeness (QED) is 0.332. The molecule has 9 nitrogen and oxygen atoms in total. The molecule has 0 aliphatic heterocycles. The highest BCUT2D eigenvalue weighted by Gasteiger charge is 2.22. The fourth-order valence-electron chi connectivity index (χ4n) is 3.30. The van der Waals surface area contributed by atoms with Gasteiger partial charge in [-0.1, -0.05) is 13.8 Å². The summed E-state index contributed by atoms with van der Waals surface area (Å²) in [5.74, 6) is -1.70. The van der Waals surface area contributed by atoms with Gasteiger partial charge < -0.3 is 31.8 Å². The molecule has 0 aliphatic rings. The number of rotatable bonds is 8. The van der Waals surface area contributed by atoms with Crippen molar-refractivity contribution in [2.75, 3.05) is 17.3 Å². The number of anilines is 2. The van der Waals surface area contributed by atoms with Crippen LogP contribution >= 0.6 is 11.3 Å². The number of thiophene rings is 1. The first kappa shape index (κ1) is 22.9. The first-order valence-electron chi connectivity index (χ1n) is 9.83. The van der Waals surface area contributed by atoms with Crippen LogP contribution in [0.15, 0.2) is 30.3 Å². The fourth-order valence-corrected chi connectivity index (χ4v) is 4.24. The number of carbonyl (C=O) groups is 3. The Balaban J connectivity index is 1.95. The topological polar surface area (TPSA) is 156 Å². The summed E-state index contributed by atoms with van der Waals surface area (Å²) in [7, 11) is 1.67. The monoisotopic (exact) mass is 452 g/mol. The first-order valence-corrected chi connectivity index (χ1v) is 10.6. The summed E-state index contributed by atoms with van der Waals surface area (Å²) in [6, 6.07) is 8.42. The predicted octanol–water partition coefficient (Wildman–Crippen LogP) is 3.58. The molecule has 6 N–H and O–H groups in total. The summed E-state index contributed by atoms with van der Waals surface area (Å²) in [4.78, 5) is 42.8. The summed E-state index contributed by atoms with van der Waals surface area (Å²) in [6.45, 7) is 3.63. The molecule has 3 amide bonds. The minimum absolute atomic E-state index is 0.0544. The van der Waals surface area contributed by atoms with Crippen LogP contribution in [-0.2, 0) is 4.79 Å². The van der Waals surface area contributed by atoms with E-state index in [-0.39, 0.29) is 23.2 Å². The van der Waals surface area contributed by atoms with Crippen molar-refractivity contribution >= 4 is 63.9 Å². The molecule has 3 rings (SSSR count). The Morgan fingerprint density at radius 1 is 1.16 bits per heavy atom. The number of nitrogens with one attached hydrogen (secondary N) is 4. The maximum atomic E-state index is 12.8. The molecule has 10 heteroatoms. The number of hydrogen-bond acceptors (Lipinski definition) is 6. The molecule has 2 heterocycles. The SMILES string of the molecule is CC(C)C(=O)N(C)c1ccc2c(C(N)=O)c(NC(=O)c3ccc(C(C=N)C=N)s3)[nH]c2c1. The Bertz CT molecular complexity index is 1220. The molecule has 0 radical (unpaired) electrons. The first-order chi connectivity index (χ1) is 15.2. The standard InChI is InChI=1S/C22H24N6O3S/c1-11(2)22(31)28(3)13-4-5-14-15(8-13)26-20(18(14)19(25)29)27-21(30)17-7-6-16(32-17)12(9-23)10-24/h4-12,23-24,26H,1-3H3,(H2,25,29)(H,27,30). The lowest BCUT2D eigenvalue weighted by molar-refractivity contribution is -0.121. The van der Waals surface area contributed by atoms with Crippen molar-refractivity contribution in [3.8, 4) is 0 Å². The van der Waals surface area contributed by atoms with Gasteiger partial charge in [0.05, 0.1) is 16.4 Å². The smallest absolute Gasteiger partial charge is 0.266 e. The molecule has 1 aromatic carbocycles. The van der Waals surface area contributed by atoms with Gasteiger partial charge in [0.1, 0.15) is 5.82 Å². The Kier molecular flexibility index (Phi) is 6.54. The van der Waals surface area contributed by atoms with Crippen LogP contribution in [0.5, 0.6) is 0 Å². The van der Waals surface area contributed by atoms with E-state index in [0.717, 1.165) is 23.8 Å². The van der Waals surface area contributed by atoms with Crippen LogP contribution in [0.25, 0.3) is 10.9 Å². The van der Waals surface area contributed by atoms with E-state index in [9.17, 15) is 14.4 Å². The number of aromatic amines is 1. The average Bonchev–Trinajstić information content (AvgIpc) is 3.37. The lowest BCUT2D eigenvalue weighted by Gasteiger charge is -2.19. The van der Waals surface area contributed by atoms with Crippen molar-refractivity contribution in [1.82, 2.24) is 4.98 Å². The summed E-state index contributed by atoms with van der Waals surface area (Å²) >= 11 is 1.16. The van der Waals surface area contributed by atoms with Crippen molar-refractivity contribution in [3.63, 3.8) is 0 Å².